The second-order valence-electron chi connectivity index (χ2n) is 5.43. The van der Waals surface area contributed by atoms with Gasteiger partial charge in [-0.3, -0.25) is 4.57 Å². The van der Waals surface area contributed by atoms with E-state index in [1.807, 2.05) is 36.4 Å². The van der Waals surface area contributed by atoms with E-state index in [0.29, 0.717) is 0 Å². The van der Waals surface area contributed by atoms with Crippen LogP contribution in [0.25, 0.3) is 27.5 Å². The van der Waals surface area contributed by atoms with Gasteiger partial charge in [-0.1, -0.05) is 36.4 Å². The molecule has 0 spiro atoms. The van der Waals surface area contributed by atoms with E-state index in [2.05, 4.69) is 16.7 Å². The van der Waals surface area contributed by atoms with Crippen molar-refractivity contribution < 1.29 is 14.4 Å². The number of fused-ring (bicyclic) bond motifs is 3. The molecule has 4 aromatic rings. The SMILES string of the molecule is O=P(O)(O)c1ccc(-n2c3ccccc3c3ccccc32)cc1. The third-order valence-electron chi connectivity index (χ3n) is 4.02. The van der Waals surface area contributed by atoms with Crippen LogP contribution in [0.2, 0.25) is 0 Å². The molecule has 5 heteroatoms. The average Bonchev–Trinajstić information content (AvgIpc) is 2.89. The molecule has 1 heterocycles. The summed E-state index contributed by atoms with van der Waals surface area (Å²) in [5.74, 6) is 0. The van der Waals surface area contributed by atoms with Gasteiger partial charge in [0.15, 0.2) is 0 Å². The van der Waals surface area contributed by atoms with Gasteiger partial charge in [0.25, 0.3) is 0 Å². The number of benzene rings is 3. The molecule has 0 fully saturated rings. The molecule has 0 amide bonds. The maximum Gasteiger partial charge on any atom is 0.356 e. The monoisotopic (exact) mass is 323 g/mol. The normalized spacial score (nSPS) is 12.1. The van der Waals surface area contributed by atoms with E-state index in [0.717, 1.165) is 27.5 Å². The van der Waals surface area contributed by atoms with Crippen molar-refractivity contribution in [2.24, 2.45) is 0 Å². The Kier molecular flexibility index (Phi) is 3.13. The Bertz CT molecular complexity index is 1010. The first-order valence-electron chi connectivity index (χ1n) is 7.20. The summed E-state index contributed by atoms with van der Waals surface area (Å²) in [4.78, 5) is 18.5. The Hall–Kier alpha value is -2.39. The van der Waals surface area contributed by atoms with Crippen LogP contribution in [0, 0.1) is 0 Å². The molecule has 0 saturated heterocycles. The second-order valence-corrected chi connectivity index (χ2v) is 7.03. The van der Waals surface area contributed by atoms with Gasteiger partial charge in [-0.15, -0.1) is 0 Å². The van der Waals surface area contributed by atoms with Gasteiger partial charge in [-0.2, -0.15) is 0 Å². The van der Waals surface area contributed by atoms with Gasteiger partial charge < -0.3 is 14.4 Å². The minimum absolute atomic E-state index is 0.0296. The molecule has 4 rings (SSSR count). The number of nitrogens with zero attached hydrogens (tertiary/aromatic N) is 1. The zero-order valence-corrected chi connectivity index (χ0v) is 13.0. The van der Waals surface area contributed by atoms with Crippen molar-refractivity contribution in [3.8, 4) is 5.69 Å². The summed E-state index contributed by atoms with van der Waals surface area (Å²) in [6.07, 6.45) is 0. The Morgan fingerprint density at radius 1 is 0.696 bits per heavy atom. The maximum absolute atomic E-state index is 11.3. The van der Waals surface area contributed by atoms with Crippen LogP contribution in [0.15, 0.2) is 72.8 Å². The standard InChI is InChI=1S/C18H14NO3P/c20-23(21,22)14-11-9-13(10-12-14)19-17-7-3-1-5-15(17)16-6-2-4-8-18(16)19/h1-12H,(H2,20,21,22). The highest BCUT2D eigenvalue weighted by Gasteiger charge is 2.17. The molecule has 0 aliphatic carbocycles. The quantitative estimate of drug-likeness (QED) is 0.554. The van der Waals surface area contributed by atoms with E-state index in [1.54, 1.807) is 12.1 Å². The van der Waals surface area contributed by atoms with E-state index in [9.17, 15) is 14.4 Å². The van der Waals surface area contributed by atoms with Crippen LogP contribution in [-0.2, 0) is 4.57 Å². The van der Waals surface area contributed by atoms with Gasteiger partial charge in [-0.25, -0.2) is 0 Å². The summed E-state index contributed by atoms with van der Waals surface area (Å²) in [7, 11) is -4.22. The van der Waals surface area contributed by atoms with Crippen molar-refractivity contribution in [1.82, 2.24) is 4.57 Å². The highest BCUT2D eigenvalue weighted by atomic mass is 31.2. The molecule has 2 N–H and O–H groups in total. The Labute approximate surface area is 132 Å². The molecule has 3 aromatic carbocycles. The van der Waals surface area contributed by atoms with Gasteiger partial charge in [0.1, 0.15) is 0 Å². The molecule has 23 heavy (non-hydrogen) atoms. The molecule has 4 nitrogen and oxygen atoms in total. The Morgan fingerprint density at radius 2 is 1.17 bits per heavy atom. The molecule has 114 valence electrons. The fourth-order valence-corrected chi connectivity index (χ4v) is 3.53. The molecule has 0 unspecified atom stereocenters. The second kappa shape index (κ2) is 5.07. The van der Waals surface area contributed by atoms with Crippen LogP contribution in [0.1, 0.15) is 0 Å². The first-order chi connectivity index (χ1) is 11.1. The topological polar surface area (TPSA) is 62.5 Å². The molecule has 0 radical (unpaired) electrons. The van der Waals surface area contributed by atoms with Crippen LogP contribution in [0.4, 0.5) is 0 Å². The third-order valence-corrected chi connectivity index (χ3v) is 5.00. The van der Waals surface area contributed by atoms with Gasteiger partial charge >= 0.3 is 7.60 Å². The largest absolute Gasteiger partial charge is 0.356 e. The lowest BCUT2D eigenvalue weighted by Crippen LogP contribution is -2.04. The lowest BCUT2D eigenvalue weighted by Gasteiger charge is -2.09. The minimum atomic E-state index is -4.22. The average molecular weight is 323 g/mol. The van der Waals surface area contributed by atoms with Crippen LogP contribution in [-0.4, -0.2) is 14.4 Å². The Balaban J connectivity index is 2.02. The van der Waals surface area contributed by atoms with Crippen molar-refractivity contribution in [2.45, 2.75) is 0 Å². The van der Waals surface area contributed by atoms with E-state index in [-0.39, 0.29) is 5.30 Å². The van der Waals surface area contributed by atoms with E-state index in [1.165, 1.54) is 12.1 Å². The molecular weight excluding hydrogens is 309 g/mol. The molecule has 0 aliphatic heterocycles. The predicted molar refractivity (Wildman–Crippen MR) is 92.5 cm³/mol. The number of hydrogen-bond donors (Lipinski definition) is 2. The number of hydrogen-bond acceptors (Lipinski definition) is 1. The van der Waals surface area contributed by atoms with Crippen molar-refractivity contribution >= 4 is 34.7 Å². The zero-order valence-electron chi connectivity index (χ0n) is 12.1. The van der Waals surface area contributed by atoms with Crippen molar-refractivity contribution in [2.75, 3.05) is 0 Å². The fourth-order valence-electron chi connectivity index (χ4n) is 3.00. The number of aromatic nitrogens is 1. The van der Waals surface area contributed by atoms with Crippen molar-refractivity contribution in [1.29, 1.82) is 0 Å². The first-order valence-corrected chi connectivity index (χ1v) is 8.82. The molecule has 0 saturated carbocycles. The molecule has 0 bridgehead atoms. The van der Waals surface area contributed by atoms with E-state index >= 15 is 0 Å². The van der Waals surface area contributed by atoms with Gasteiger partial charge in [0, 0.05) is 16.5 Å². The lowest BCUT2D eigenvalue weighted by atomic mass is 10.2. The van der Waals surface area contributed by atoms with Crippen LogP contribution < -0.4 is 5.30 Å². The molecule has 0 aliphatic rings. The summed E-state index contributed by atoms with van der Waals surface area (Å²) in [6, 6.07) is 22.7. The van der Waals surface area contributed by atoms with Crippen LogP contribution in [0.3, 0.4) is 0 Å². The zero-order chi connectivity index (χ0) is 16.0. The highest BCUT2D eigenvalue weighted by molar-refractivity contribution is 7.60. The van der Waals surface area contributed by atoms with E-state index < -0.39 is 7.60 Å². The molecular formula is C18H14NO3P. The first kappa shape index (κ1) is 14.2. The lowest BCUT2D eigenvalue weighted by molar-refractivity contribution is 0.387. The van der Waals surface area contributed by atoms with Crippen LogP contribution >= 0.6 is 7.60 Å². The maximum atomic E-state index is 11.3. The smallest absolute Gasteiger partial charge is 0.321 e. The summed E-state index contributed by atoms with van der Waals surface area (Å²) < 4.78 is 13.4. The van der Waals surface area contributed by atoms with Crippen molar-refractivity contribution in [3.63, 3.8) is 0 Å². The van der Waals surface area contributed by atoms with Gasteiger partial charge in [-0.05, 0) is 36.4 Å². The summed E-state index contributed by atoms with van der Waals surface area (Å²) >= 11 is 0. The number of rotatable bonds is 2. The number of para-hydroxylation sites is 2. The Morgan fingerprint density at radius 3 is 1.65 bits per heavy atom. The summed E-state index contributed by atoms with van der Waals surface area (Å²) in [5, 5.41) is 2.34. The van der Waals surface area contributed by atoms with Gasteiger partial charge in [0.05, 0.1) is 16.3 Å². The summed E-state index contributed by atoms with van der Waals surface area (Å²) in [6.45, 7) is 0. The summed E-state index contributed by atoms with van der Waals surface area (Å²) in [5.41, 5.74) is 3.01. The third kappa shape index (κ3) is 2.28. The van der Waals surface area contributed by atoms with Crippen molar-refractivity contribution in [3.05, 3.63) is 72.8 Å². The minimum Gasteiger partial charge on any atom is -0.321 e. The van der Waals surface area contributed by atoms with Crippen LogP contribution in [0.5, 0.6) is 0 Å². The van der Waals surface area contributed by atoms with E-state index in [4.69, 9.17) is 0 Å². The van der Waals surface area contributed by atoms with Gasteiger partial charge in [0.2, 0.25) is 0 Å². The fraction of sp³-hybridized carbons (Fsp3) is 0. The molecule has 1 aromatic heterocycles. The highest BCUT2D eigenvalue weighted by Crippen LogP contribution is 2.35. The molecule has 0 atom stereocenters. The predicted octanol–water partition coefficient (Wildman–Crippen LogP) is 3.59.